The van der Waals surface area contributed by atoms with Crippen LogP contribution in [0.4, 0.5) is 24.5 Å². The molecule has 4 heterocycles. The van der Waals surface area contributed by atoms with Crippen molar-refractivity contribution >= 4 is 28.2 Å². The lowest BCUT2D eigenvalue weighted by molar-refractivity contribution is -0.120. The molecule has 1 saturated heterocycles. The van der Waals surface area contributed by atoms with Crippen LogP contribution in [0.1, 0.15) is 57.2 Å². The molecule has 2 aliphatic rings. The summed E-state index contributed by atoms with van der Waals surface area (Å²) in [5.74, 6) is -4.48. The Bertz CT molecular complexity index is 1890. The van der Waals surface area contributed by atoms with Gasteiger partial charge < -0.3 is 20.0 Å². The number of rotatable bonds is 6. The maximum Gasteiger partial charge on any atom is 0.281 e. The van der Waals surface area contributed by atoms with Gasteiger partial charge in [0.15, 0.2) is 5.82 Å². The minimum atomic E-state index is -1.23. The van der Waals surface area contributed by atoms with E-state index >= 15 is 13.2 Å². The molecule has 45 heavy (non-hydrogen) atoms. The summed E-state index contributed by atoms with van der Waals surface area (Å²) in [6.45, 7) is 7.65. The van der Waals surface area contributed by atoms with Gasteiger partial charge in [0.2, 0.25) is 5.91 Å². The molecule has 1 fully saturated rings. The van der Waals surface area contributed by atoms with E-state index in [-0.39, 0.29) is 65.3 Å². The number of aromatic nitrogens is 2. The topological polar surface area (TPSA) is 98.9 Å². The number of fused-ring (bicyclic) bond motifs is 5. The Hall–Kier alpha value is -4.38. The number of phenols is 1. The van der Waals surface area contributed by atoms with Gasteiger partial charge in [-0.15, -0.1) is 0 Å². The van der Waals surface area contributed by atoms with Crippen LogP contribution in [0.2, 0.25) is 0 Å². The van der Waals surface area contributed by atoms with Gasteiger partial charge in [0.25, 0.3) is 5.56 Å². The number of carbonyl (C=O) groups excluding carboxylic acids is 1. The predicted molar refractivity (Wildman–Crippen MR) is 167 cm³/mol. The third kappa shape index (κ3) is 4.75. The number of aromatic hydroxyl groups is 1. The summed E-state index contributed by atoms with van der Waals surface area (Å²) in [7, 11) is 0. The maximum absolute atomic E-state index is 17.2. The van der Waals surface area contributed by atoms with Gasteiger partial charge in [-0.25, -0.2) is 13.2 Å². The molecule has 0 bridgehead atoms. The fraction of sp³-hybridized carbons (Fsp3) is 0.382. The fourth-order valence-electron chi connectivity index (χ4n) is 6.86. The molecular formula is C34H35F3N4O4. The van der Waals surface area contributed by atoms with Crippen LogP contribution in [-0.2, 0) is 4.79 Å². The first-order chi connectivity index (χ1) is 21.5. The molecule has 2 N–H and O–H groups in total. The molecule has 236 valence electrons. The van der Waals surface area contributed by atoms with Crippen molar-refractivity contribution in [1.29, 1.82) is 0 Å². The van der Waals surface area contributed by atoms with Gasteiger partial charge >= 0.3 is 0 Å². The lowest BCUT2D eigenvalue weighted by atomic mass is 9.89. The molecular weight excluding hydrogens is 585 g/mol. The standard InChI is InChI=1S/C34H35F3N4O4/c1-17(2)28-29(19(4)11-12-38-28)41-30-20(15-22(36)26(27(30)37)25-21(35)7-5-8-24(25)43)31-32(34(41)45)39(13-6-14-42)33(44)23-10-9-18(3)16-40(23)31/h5,7-8,11-12,15,17-18,23,42-43H,6,9-10,13-14,16H2,1-4H3/t18-,23+/m0/s1. The third-order valence-corrected chi connectivity index (χ3v) is 8.93. The lowest BCUT2D eigenvalue weighted by Crippen LogP contribution is -2.58. The van der Waals surface area contributed by atoms with Gasteiger partial charge in [0.05, 0.1) is 33.7 Å². The van der Waals surface area contributed by atoms with E-state index in [1.54, 1.807) is 24.1 Å². The summed E-state index contributed by atoms with van der Waals surface area (Å²) in [4.78, 5) is 36.5. The van der Waals surface area contributed by atoms with Crippen molar-refractivity contribution in [3.05, 3.63) is 75.6 Å². The molecule has 4 aromatic rings. The predicted octanol–water partition coefficient (Wildman–Crippen LogP) is 5.94. The SMILES string of the molecule is Cc1ccnc(C(C)C)c1-n1c(=O)c2c(c3cc(F)c(-c4c(O)cccc4F)c(F)c31)N1C[C@@H](C)CC[C@@H]1C(=O)N2CCCO. The Morgan fingerprint density at radius 1 is 1.02 bits per heavy atom. The van der Waals surface area contributed by atoms with Crippen LogP contribution in [-0.4, -0.2) is 51.4 Å². The first-order valence-corrected chi connectivity index (χ1v) is 15.2. The van der Waals surface area contributed by atoms with Crippen LogP contribution in [0.3, 0.4) is 0 Å². The van der Waals surface area contributed by atoms with Crippen molar-refractivity contribution in [3.63, 3.8) is 0 Å². The fourth-order valence-corrected chi connectivity index (χ4v) is 6.86. The number of aryl methyl sites for hydroxylation is 1. The number of anilines is 2. The lowest BCUT2D eigenvalue weighted by Gasteiger charge is -2.47. The Labute approximate surface area is 258 Å². The minimum Gasteiger partial charge on any atom is -0.507 e. The Morgan fingerprint density at radius 2 is 1.78 bits per heavy atom. The van der Waals surface area contributed by atoms with Crippen LogP contribution < -0.4 is 15.4 Å². The van der Waals surface area contributed by atoms with Crippen LogP contribution >= 0.6 is 0 Å². The third-order valence-electron chi connectivity index (χ3n) is 8.93. The highest BCUT2D eigenvalue weighted by Gasteiger charge is 2.44. The number of amides is 1. The van der Waals surface area contributed by atoms with Crippen molar-refractivity contribution in [2.24, 2.45) is 5.92 Å². The summed E-state index contributed by atoms with van der Waals surface area (Å²) in [6.07, 6.45) is 2.99. The van der Waals surface area contributed by atoms with Crippen LogP contribution in [0.25, 0.3) is 27.7 Å². The van der Waals surface area contributed by atoms with Crippen molar-refractivity contribution in [2.75, 3.05) is 29.5 Å². The number of halogens is 3. The molecule has 0 radical (unpaired) electrons. The number of nitrogens with zero attached hydrogens (tertiary/aromatic N) is 4. The maximum atomic E-state index is 17.2. The Morgan fingerprint density at radius 3 is 2.47 bits per heavy atom. The van der Waals surface area contributed by atoms with E-state index in [9.17, 15) is 19.8 Å². The molecule has 0 spiro atoms. The van der Waals surface area contributed by atoms with Crippen molar-refractivity contribution in [3.8, 4) is 22.6 Å². The number of hydrogen-bond donors (Lipinski definition) is 2. The van der Waals surface area contributed by atoms with E-state index in [1.807, 2.05) is 20.8 Å². The number of benzene rings is 2. The molecule has 8 nitrogen and oxygen atoms in total. The second-order valence-corrected chi connectivity index (χ2v) is 12.3. The molecule has 0 unspecified atom stereocenters. The smallest absolute Gasteiger partial charge is 0.281 e. The van der Waals surface area contributed by atoms with Crippen LogP contribution in [0.15, 0.2) is 41.3 Å². The number of piperidine rings is 1. The van der Waals surface area contributed by atoms with Crippen LogP contribution in [0.5, 0.6) is 5.75 Å². The van der Waals surface area contributed by atoms with E-state index in [0.29, 0.717) is 24.2 Å². The van der Waals surface area contributed by atoms with Gasteiger partial charge in [-0.05, 0) is 67.9 Å². The zero-order valence-electron chi connectivity index (χ0n) is 25.6. The van der Waals surface area contributed by atoms with Crippen molar-refractivity contribution in [1.82, 2.24) is 9.55 Å². The van der Waals surface area contributed by atoms with Crippen LogP contribution in [0, 0.1) is 30.3 Å². The summed E-state index contributed by atoms with van der Waals surface area (Å²) in [6, 6.07) is 5.41. The van der Waals surface area contributed by atoms with E-state index in [2.05, 4.69) is 4.98 Å². The largest absolute Gasteiger partial charge is 0.507 e. The molecule has 2 aliphatic heterocycles. The zero-order chi connectivity index (χ0) is 32.3. The molecule has 2 aromatic carbocycles. The monoisotopic (exact) mass is 620 g/mol. The second-order valence-electron chi connectivity index (χ2n) is 12.3. The minimum absolute atomic E-state index is 0.0257. The van der Waals surface area contributed by atoms with Crippen molar-refractivity contribution in [2.45, 2.75) is 58.9 Å². The average molecular weight is 621 g/mol. The van der Waals surface area contributed by atoms with E-state index < -0.39 is 45.9 Å². The number of aliphatic hydroxyl groups is 1. The number of phenolic OH excluding ortho intramolecular Hbond substituents is 1. The molecule has 2 aromatic heterocycles. The summed E-state index contributed by atoms with van der Waals surface area (Å²) in [5, 5.41) is 20.3. The number of pyridine rings is 2. The van der Waals surface area contributed by atoms with Crippen molar-refractivity contribution < 1.29 is 28.2 Å². The molecule has 2 atom stereocenters. The molecule has 1 amide bonds. The zero-order valence-corrected chi connectivity index (χ0v) is 25.6. The average Bonchev–Trinajstić information content (AvgIpc) is 2.99. The molecule has 11 heteroatoms. The van der Waals surface area contributed by atoms with Gasteiger partial charge in [-0.2, -0.15) is 0 Å². The Kier molecular flexibility index (Phi) is 7.84. The summed E-state index contributed by atoms with van der Waals surface area (Å²) >= 11 is 0. The highest BCUT2D eigenvalue weighted by Crippen LogP contribution is 2.47. The summed E-state index contributed by atoms with van der Waals surface area (Å²) < 4.78 is 49.7. The highest BCUT2D eigenvalue weighted by atomic mass is 19.1. The molecule has 6 rings (SSSR count). The van der Waals surface area contributed by atoms with Gasteiger partial charge in [0, 0.05) is 31.3 Å². The quantitative estimate of drug-likeness (QED) is 0.277. The number of aliphatic hydroxyl groups excluding tert-OH is 1. The first kappa shape index (κ1) is 30.6. The second kappa shape index (κ2) is 11.5. The molecule has 0 saturated carbocycles. The normalized spacial score (nSPS) is 18.1. The van der Waals surface area contributed by atoms with Gasteiger partial charge in [0.1, 0.15) is 29.1 Å². The molecule has 0 aliphatic carbocycles. The summed E-state index contributed by atoms with van der Waals surface area (Å²) in [5.41, 5.74) is -1.04. The van der Waals surface area contributed by atoms with Gasteiger partial charge in [-0.1, -0.05) is 26.8 Å². The van der Waals surface area contributed by atoms with Gasteiger partial charge in [-0.3, -0.25) is 19.1 Å². The van der Waals surface area contributed by atoms with E-state index in [4.69, 9.17) is 0 Å². The van der Waals surface area contributed by atoms with E-state index in [1.165, 1.54) is 11.0 Å². The number of hydrogen-bond acceptors (Lipinski definition) is 6. The van der Waals surface area contributed by atoms with E-state index in [0.717, 1.165) is 29.2 Å². The highest BCUT2D eigenvalue weighted by molar-refractivity contribution is 6.12. The Balaban J connectivity index is 1.85. The number of carbonyl (C=O) groups is 1. The first-order valence-electron chi connectivity index (χ1n) is 15.2.